The Morgan fingerprint density at radius 2 is 2.00 bits per heavy atom. The van der Waals surface area contributed by atoms with Gasteiger partial charge in [-0.15, -0.1) is 0 Å². The SMILES string of the molecule is Cc1cpc(Cl)cc1C. The zero-order valence-electron chi connectivity index (χ0n) is 5.48. The van der Waals surface area contributed by atoms with Crippen molar-refractivity contribution >= 4 is 19.8 Å². The zero-order valence-corrected chi connectivity index (χ0v) is 7.13. The van der Waals surface area contributed by atoms with Crippen LogP contribution in [0.25, 0.3) is 0 Å². The molecule has 0 amide bonds. The largest absolute Gasteiger partial charge is 0.0789 e. The Morgan fingerprint density at radius 1 is 1.33 bits per heavy atom. The van der Waals surface area contributed by atoms with E-state index in [-0.39, 0.29) is 0 Å². The van der Waals surface area contributed by atoms with Crippen LogP contribution in [-0.4, -0.2) is 0 Å². The third-order valence-electron chi connectivity index (χ3n) is 1.34. The van der Waals surface area contributed by atoms with Gasteiger partial charge in [0.2, 0.25) is 0 Å². The molecule has 48 valence electrons. The first kappa shape index (κ1) is 7.05. The van der Waals surface area contributed by atoms with Gasteiger partial charge in [-0.1, -0.05) is 19.8 Å². The number of halogens is 1. The highest BCUT2D eigenvalue weighted by Crippen LogP contribution is 2.23. The van der Waals surface area contributed by atoms with Gasteiger partial charge in [-0.2, -0.15) is 0 Å². The Morgan fingerprint density at radius 3 is 2.44 bits per heavy atom. The van der Waals surface area contributed by atoms with Crippen LogP contribution in [0.4, 0.5) is 0 Å². The van der Waals surface area contributed by atoms with Gasteiger partial charge in [0.15, 0.2) is 0 Å². The van der Waals surface area contributed by atoms with Crippen molar-refractivity contribution in [2.24, 2.45) is 0 Å². The number of hydrogen-bond acceptors (Lipinski definition) is 0. The highest BCUT2D eigenvalue weighted by atomic mass is 35.5. The molecule has 0 saturated heterocycles. The Hall–Kier alpha value is -0.0600. The topological polar surface area (TPSA) is 0 Å². The minimum absolute atomic E-state index is 0.915. The first-order chi connectivity index (χ1) is 4.20. The van der Waals surface area contributed by atoms with Crippen LogP contribution in [0.15, 0.2) is 11.9 Å². The van der Waals surface area contributed by atoms with Crippen molar-refractivity contribution in [2.75, 3.05) is 0 Å². The summed E-state index contributed by atoms with van der Waals surface area (Å²) in [5.41, 5.74) is 2.61. The fraction of sp³-hybridized carbons (Fsp3) is 0.286. The summed E-state index contributed by atoms with van der Waals surface area (Å²) in [5, 5.41) is 0. The number of rotatable bonds is 0. The molecule has 0 nitrogen and oxygen atoms in total. The molecule has 0 N–H and O–H groups in total. The van der Waals surface area contributed by atoms with Crippen LogP contribution in [-0.2, 0) is 0 Å². The van der Waals surface area contributed by atoms with Gasteiger partial charge in [-0.05, 0) is 36.8 Å². The molecule has 0 spiro atoms. The van der Waals surface area contributed by atoms with E-state index < -0.39 is 0 Å². The molecule has 0 aromatic carbocycles. The fourth-order valence-corrected chi connectivity index (χ4v) is 1.69. The van der Waals surface area contributed by atoms with Crippen molar-refractivity contribution in [3.8, 4) is 0 Å². The molecular weight excluding hydrogens is 151 g/mol. The average molecular weight is 159 g/mol. The highest BCUT2D eigenvalue weighted by Gasteiger charge is 1.91. The maximum atomic E-state index is 5.76. The second-order valence-corrected chi connectivity index (χ2v) is 3.76. The van der Waals surface area contributed by atoms with Gasteiger partial charge in [-0.25, -0.2) is 0 Å². The maximum absolute atomic E-state index is 5.76. The molecule has 0 aliphatic carbocycles. The molecule has 1 aromatic heterocycles. The highest BCUT2D eigenvalue weighted by molar-refractivity contribution is 7.33. The molecule has 0 saturated carbocycles. The summed E-state index contributed by atoms with van der Waals surface area (Å²) in [6.45, 7) is 4.17. The van der Waals surface area contributed by atoms with Crippen molar-refractivity contribution in [1.82, 2.24) is 0 Å². The predicted octanol–water partition coefficient (Wildman–Crippen LogP) is 3.54. The van der Waals surface area contributed by atoms with Gasteiger partial charge in [-0.3, -0.25) is 0 Å². The molecule has 0 atom stereocenters. The number of hydrogen-bond donors (Lipinski definition) is 0. The van der Waals surface area contributed by atoms with E-state index in [1.165, 1.54) is 11.1 Å². The van der Waals surface area contributed by atoms with E-state index in [9.17, 15) is 0 Å². The molecule has 1 aromatic rings. The normalized spacial score (nSPS) is 10.6. The lowest BCUT2D eigenvalue weighted by molar-refractivity contribution is 1.38. The van der Waals surface area contributed by atoms with E-state index in [4.69, 9.17) is 11.6 Å². The van der Waals surface area contributed by atoms with E-state index in [0.717, 1.165) is 12.9 Å². The molecule has 2 heteroatoms. The summed E-state index contributed by atoms with van der Waals surface area (Å²) in [6, 6.07) is 2.01. The second kappa shape index (κ2) is 2.68. The van der Waals surface area contributed by atoms with Gasteiger partial charge in [0.25, 0.3) is 0 Å². The summed E-state index contributed by atoms with van der Waals surface area (Å²) in [4.78, 5) is 0. The molecule has 0 aliphatic rings. The average Bonchev–Trinajstić information content (AvgIpc) is 1.80. The summed E-state index contributed by atoms with van der Waals surface area (Å²) in [7, 11) is 1.13. The standard InChI is InChI=1S/C7H8ClP/c1-5-3-7(8)9-4-6(5)2/h3-4H,1-2H3. The smallest absolute Gasteiger partial charge is 0.0679 e. The van der Waals surface area contributed by atoms with E-state index in [1.807, 2.05) is 6.07 Å². The van der Waals surface area contributed by atoms with Gasteiger partial charge in [0.1, 0.15) is 0 Å². The Bertz CT molecular complexity index is 220. The van der Waals surface area contributed by atoms with Crippen LogP contribution in [0.1, 0.15) is 11.1 Å². The van der Waals surface area contributed by atoms with Crippen molar-refractivity contribution in [1.29, 1.82) is 0 Å². The first-order valence-corrected chi connectivity index (χ1v) is 4.13. The Balaban J connectivity index is 3.17. The van der Waals surface area contributed by atoms with Gasteiger partial charge >= 0.3 is 0 Å². The fourth-order valence-electron chi connectivity index (χ4n) is 0.590. The summed E-state index contributed by atoms with van der Waals surface area (Å²) < 4.78 is 0.915. The summed E-state index contributed by atoms with van der Waals surface area (Å²) in [6.07, 6.45) is 0. The van der Waals surface area contributed by atoms with Gasteiger partial charge in [0, 0.05) is 0 Å². The van der Waals surface area contributed by atoms with Crippen LogP contribution >= 0.6 is 19.8 Å². The molecule has 0 unspecified atom stereocenters. The molecule has 0 fully saturated rings. The molecule has 1 rings (SSSR count). The van der Waals surface area contributed by atoms with Crippen molar-refractivity contribution in [3.63, 3.8) is 0 Å². The second-order valence-electron chi connectivity index (χ2n) is 2.09. The van der Waals surface area contributed by atoms with Crippen molar-refractivity contribution in [3.05, 3.63) is 27.7 Å². The molecule has 9 heavy (non-hydrogen) atoms. The molecule has 0 bridgehead atoms. The van der Waals surface area contributed by atoms with Crippen molar-refractivity contribution < 1.29 is 0 Å². The molecule has 1 heterocycles. The van der Waals surface area contributed by atoms with Crippen molar-refractivity contribution in [2.45, 2.75) is 13.8 Å². The van der Waals surface area contributed by atoms with E-state index in [1.54, 1.807) is 0 Å². The van der Waals surface area contributed by atoms with E-state index >= 15 is 0 Å². The molecular formula is C7H8ClP. The molecule has 0 radical (unpaired) electrons. The van der Waals surface area contributed by atoms with Crippen LogP contribution in [0.5, 0.6) is 0 Å². The summed E-state index contributed by atoms with van der Waals surface area (Å²) in [5.74, 6) is 2.12. The third kappa shape index (κ3) is 1.67. The summed E-state index contributed by atoms with van der Waals surface area (Å²) >= 11 is 5.76. The van der Waals surface area contributed by atoms with E-state index in [0.29, 0.717) is 0 Å². The van der Waals surface area contributed by atoms with Gasteiger partial charge < -0.3 is 0 Å². The minimum atomic E-state index is 0.915. The maximum Gasteiger partial charge on any atom is 0.0679 e. The lowest BCUT2D eigenvalue weighted by Crippen LogP contribution is -1.73. The van der Waals surface area contributed by atoms with Crippen LogP contribution in [0.3, 0.4) is 0 Å². The van der Waals surface area contributed by atoms with Crippen LogP contribution in [0, 0.1) is 13.8 Å². The lowest BCUT2D eigenvalue weighted by atomic mass is 10.2. The number of aryl methyl sites for hydroxylation is 2. The lowest BCUT2D eigenvalue weighted by Gasteiger charge is -1.96. The Kier molecular flexibility index (Phi) is 2.10. The van der Waals surface area contributed by atoms with E-state index in [2.05, 4.69) is 19.6 Å². The third-order valence-corrected chi connectivity index (χ3v) is 2.63. The van der Waals surface area contributed by atoms with Crippen LogP contribution in [0.2, 0.25) is 4.75 Å². The van der Waals surface area contributed by atoms with Gasteiger partial charge in [0.05, 0.1) is 4.75 Å². The minimum Gasteiger partial charge on any atom is -0.0789 e. The molecule has 0 aliphatic heterocycles. The monoisotopic (exact) mass is 158 g/mol. The van der Waals surface area contributed by atoms with Crippen LogP contribution < -0.4 is 0 Å². The predicted molar refractivity (Wildman–Crippen MR) is 43.4 cm³/mol. The zero-order chi connectivity index (χ0) is 6.85. The quantitative estimate of drug-likeness (QED) is 0.542. The first-order valence-electron chi connectivity index (χ1n) is 2.79. The Labute approximate surface area is 62.0 Å².